The van der Waals surface area contributed by atoms with Gasteiger partial charge in [0.05, 0.1) is 0 Å². The predicted octanol–water partition coefficient (Wildman–Crippen LogP) is 4.20. The Morgan fingerprint density at radius 2 is 1.60 bits per heavy atom. The summed E-state index contributed by atoms with van der Waals surface area (Å²) < 4.78 is 7.29. The fourth-order valence-corrected chi connectivity index (χ4v) is 1.77. The molecule has 0 fully saturated rings. The standard InChI is InChI=1S/C14H22O/c1-6-11-7-12(9(2)3)14(15)13(8-11)10(4)5/h7-10,15H,6H2,1-5H3/i1T. The molecule has 1 heteroatoms. The molecule has 0 aromatic heterocycles. The summed E-state index contributed by atoms with van der Waals surface area (Å²) in [6.07, 6.45) is 0.764. The van der Waals surface area contributed by atoms with E-state index in [1.807, 2.05) is 12.1 Å². The molecule has 15 heavy (non-hydrogen) atoms. The van der Waals surface area contributed by atoms with Crippen molar-refractivity contribution in [1.82, 2.24) is 0 Å². The third kappa shape index (κ3) is 2.53. The molecule has 0 heterocycles. The summed E-state index contributed by atoms with van der Waals surface area (Å²) in [5.41, 5.74) is 3.18. The molecular weight excluding hydrogens is 184 g/mol. The zero-order valence-electron chi connectivity index (χ0n) is 11.2. The van der Waals surface area contributed by atoms with Crippen LogP contribution in [0.3, 0.4) is 0 Å². The first-order valence-electron chi connectivity index (χ1n) is 6.33. The van der Waals surface area contributed by atoms with Crippen LogP contribution in [0, 0.1) is 0 Å². The molecule has 0 saturated carbocycles. The van der Waals surface area contributed by atoms with Gasteiger partial charge in [0, 0.05) is 1.37 Å². The number of aromatic hydroxyl groups is 1. The van der Waals surface area contributed by atoms with Gasteiger partial charge in [-0.3, -0.25) is 0 Å². The molecule has 0 spiro atoms. The molecule has 0 aliphatic rings. The Bertz CT molecular complexity index is 327. The van der Waals surface area contributed by atoms with Crippen molar-refractivity contribution in [3.8, 4) is 5.75 Å². The third-order valence-corrected chi connectivity index (χ3v) is 2.76. The second-order valence-corrected chi connectivity index (χ2v) is 4.68. The van der Waals surface area contributed by atoms with Gasteiger partial charge in [0.25, 0.3) is 0 Å². The Labute approximate surface area is 94.6 Å². The quantitative estimate of drug-likeness (QED) is 0.789. The predicted molar refractivity (Wildman–Crippen MR) is 65.7 cm³/mol. The summed E-state index contributed by atoms with van der Waals surface area (Å²) >= 11 is 0. The van der Waals surface area contributed by atoms with Crippen molar-refractivity contribution in [1.29, 1.82) is 0 Å². The Balaban J connectivity index is 3.27. The zero-order chi connectivity index (χ0) is 12.3. The van der Waals surface area contributed by atoms with E-state index in [1.165, 1.54) is 5.56 Å². The fourth-order valence-electron chi connectivity index (χ4n) is 1.77. The highest BCUT2D eigenvalue weighted by Gasteiger charge is 2.14. The van der Waals surface area contributed by atoms with Gasteiger partial charge in [-0.2, -0.15) is 0 Å². The first-order chi connectivity index (χ1) is 7.47. The van der Waals surface area contributed by atoms with E-state index in [0.717, 1.165) is 17.5 Å². The minimum atomic E-state index is 0.322. The Kier molecular flexibility index (Phi) is 3.30. The first-order valence-corrected chi connectivity index (χ1v) is 5.62. The highest BCUT2D eigenvalue weighted by Crippen LogP contribution is 2.34. The van der Waals surface area contributed by atoms with Crippen molar-refractivity contribution in [2.24, 2.45) is 0 Å². The number of hydrogen-bond donors (Lipinski definition) is 1. The molecule has 1 aromatic carbocycles. The Morgan fingerprint density at radius 3 is 1.93 bits per heavy atom. The van der Waals surface area contributed by atoms with Gasteiger partial charge in [0.15, 0.2) is 0 Å². The van der Waals surface area contributed by atoms with Crippen LogP contribution in [0.4, 0.5) is 0 Å². The van der Waals surface area contributed by atoms with E-state index in [2.05, 4.69) is 27.7 Å². The smallest absolute Gasteiger partial charge is 0.122 e. The molecule has 1 rings (SSSR count). The molecular formula is C14H22O. The number of rotatable bonds is 3. The van der Waals surface area contributed by atoms with Gasteiger partial charge in [-0.15, -0.1) is 0 Å². The summed E-state index contributed by atoms with van der Waals surface area (Å²) in [7, 11) is 0. The van der Waals surface area contributed by atoms with Crippen LogP contribution >= 0.6 is 0 Å². The topological polar surface area (TPSA) is 20.2 Å². The van der Waals surface area contributed by atoms with E-state index in [-0.39, 0.29) is 0 Å². The molecule has 0 atom stereocenters. The minimum absolute atomic E-state index is 0.322. The third-order valence-electron chi connectivity index (χ3n) is 2.76. The van der Waals surface area contributed by atoms with Crippen LogP contribution in [0.2, 0.25) is 0 Å². The lowest BCUT2D eigenvalue weighted by Gasteiger charge is -2.17. The normalized spacial score (nSPS) is 12.3. The van der Waals surface area contributed by atoms with Crippen LogP contribution in [-0.4, -0.2) is 5.11 Å². The lowest BCUT2D eigenvalue weighted by molar-refractivity contribution is 0.454. The van der Waals surface area contributed by atoms with E-state index in [4.69, 9.17) is 1.37 Å². The summed E-state index contributed by atoms with van der Waals surface area (Å²) in [5.74, 6) is 1.09. The van der Waals surface area contributed by atoms with Crippen LogP contribution in [0.5, 0.6) is 5.75 Å². The number of aryl methyl sites for hydroxylation is 1. The van der Waals surface area contributed by atoms with Crippen LogP contribution in [0.25, 0.3) is 0 Å². The van der Waals surface area contributed by atoms with Crippen LogP contribution in [-0.2, 0) is 6.42 Å². The molecule has 0 radical (unpaired) electrons. The monoisotopic (exact) mass is 208 g/mol. The van der Waals surface area contributed by atoms with Gasteiger partial charge in [0.2, 0.25) is 0 Å². The number of phenolic OH excluding ortho intramolecular Hbond substituents is 1. The summed E-state index contributed by atoms with van der Waals surface area (Å²) in [4.78, 5) is 0. The van der Waals surface area contributed by atoms with E-state index in [1.54, 1.807) is 0 Å². The van der Waals surface area contributed by atoms with Crippen LogP contribution in [0.1, 0.15) is 64.5 Å². The largest absolute Gasteiger partial charge is 0.507 e. The van der Waals surface area contributed by atoms with Crippen molar-refractivity contribution < 1.29 is 6.48 Å². The highest BCUT2D eigenvalue weighted by molar-refractivity contribution is 5.46. The fraction of sp³-hybridized carbons (Fsp3) is 0.571. The summed E-state index contributed by atoms with van der Waals surface area (Å²) in [6, 6.07) is 4.08. The maximum atomic E-state index is 10.2. The van der Waals surface area contributed by atoms with E-state index >= 15 is 0 Å². The van der Waals surface area contributed by atoms with Crippen molar-refractivity contribution in [2.45, 2.75) is 52.9 Å². The first kappa shape index (κ1) is 10.5. The maximum Gasteiger partial charge on any atom is 0.122 e. The second-order valence-electron chi connectivity index (χ2n) is 4.68. The Morgan fingerprint density at radius 1 is 1.13 bits per heavy atom. The SMILES string of the molecule is [3H]CCc1cc(C(C)C)c(O)c(C(C)C)c1. The summed E-state index contributed by atoms with van der Waals surface area (Å²) in [5, 5.41) is 10.2. The molecule has 84 valence electrons. The van der Waals surface area contributed by atoms with Gasteiger partial charge in [-0.05, 0) is 34.9 Å². The average Bonchev–Trinajstić information content (AvgIpc) is 2.19. The number of benzene rings is 1. The number of phenols is 1. The van der Waals surface area contributed by atoms with Gasteiger partial charge in [-0.1, -0.05) is 46.7 Å². The van der Waals surface area contributed by atoms with E-state index in [0.29, 0.717) is 24.5 Å². The van der Waals surface area contributed by atoms with Crippen LogP contribution < -0.4 is 0 Å². The Hall–Kier alpha value is -0.980. The van der Waals surface area contributed by atoms with E-state index < -0.39 is 0 Å². The van der Waals surface area contributed by atoms with E-state index in [9.17, 15) is 5.11 Å². The lowest BCUT2D eigenvalue weighted by Crippen LogP contribution is -1.98. The van der Waals surface area contributed by atoms with Crippen molar-refractivity contribution in [2.75, 3.05) is 0 Å². The second kappa shape index (κ2) is 4.69. The average molecular weight is 208 g/mol. The van der Waals surface area contributed by atoms with Crippen molar-refractivity contribution in [3.05, 3.63) is 28.8 Å². The minimum Gasteiger partial charge on any atom is -0.507 e. The van der Waals surface area contributed by atoms with Crippen molar-refractivity contribution in [3.63, 3.8) is 0 Å². The number of hydrogen-bond acceptors (Lipinski definition) is 1. The molecule has 0 saturated heterocycles. The summed E-state index contributed by atoms with van der Waals surface area (Å²) in [6.45, 7) is 8.75. The zero-order valence-corrected chi connectivity index (χ0v) is 10.2. The maximum absolute atomic E-state index is 10.2. The molecule has 1 N–H and O–H groups in total. The van der Waals surface area contributed by atoms with Gasteiger partial charge < -0.3 is 5.11 Å². The molecule has 0 amide bonds. The van der Waals surface area contributed by atoms with Gasteiger partial charge in [-0.25, -0.2) is 0 Å². The lowest BCUT2D eigenvalue weighted by atomic mass is 9.91. The van der Waals surface area contributed by atoms with Crippen LogP contribution in [0.15, 0.2) is 12.1 Å². The molecule has 0 unspecified atom stereocenters. The van der Waals surface area contributed by atoms with Gasteiger partial charge >= 0.3 is 0 Å². The van der Waals surface area contributed by atoms with Gasteiger partial charge in [0.1, 0.15) is 5.75 Å². The molecule has 1 nitrogen and oxygen atoms in total. The molecule has 0 bridgehead atoms. The van der Waals surface area contributed by atoms with Crippen molar-refractivity contribution >= 4 is 0 Å². The molecule has 0 aliphatic heterocycles. The highest BCUT2D eigenvalue weighted by atomic mass is 16.3. The molecule has 0 aliphatic carbocycles. The molecule has 1 aromatic rings.